The Morgan fingerprint density at radius 2 is 1.88 bits per heavy atom. The lowest BCUT2D eigenvalue weighted by Gasteiger charge is -2.36. The molecular formula is C20H30N4O2. The topological polar surface area (TPSA) is 55.9 Å². The molecule has 6 nitrogen and oxygen atoms in total. The van der Waals surface area contributed by atoms with Crippen molar-refractivity contribution in [3.8, 4) is 0 Å². The van der Waals surface area contributed by atoms with Gasteiger partial charge in [-0.3, -0.25) is 9.59 Å². The van der Waals surface area contributed by atoms with Crippen LogP contribution in [0.2, 0.25) is 0 Å². The summed E-state index contributed by atoms with van der Waals surface area (Å²) >= 11 is 0. The number of benzene rings is 1. The van der Waals surface area contributed by atoms with E-state index in [2.05, 4.69) is 41.4 Å². The fourth-order valence-electron chi connectivity index (χ4n) is 3.54. The van der Waals surface area contributed by atoms with Crippen LogP contribution in [-0.4, -0.2) is 75.0 Å². The zero-order valence-electron chi connectivity index (χ0n) is 16.1. The van der Waals surface area contributed by atoms with Gasteiger partial charge < -0.3 is 20.0 Å². The molecule has 142 valence electrons. The second kappa shape index (κ2) is 8.08. The summed E-state index contributed by atoms with van der Waals surface area (Å²) in [5, 5.41) is 2.94. The molecule has 2 amide bonds. The molecule has 0 aromatic heterocycles. The van der Waals surface area contributed by atoms with Crippen LogP contribution in [-0.2, 0) is 9.59 Å². The monoisotopic (exact) mass is 358 g/mol. The minimum absolute atomic E-state index is 0.0311. The molecule has 1 saturated carbocycles. The molecule has 3 rings (SSSR count). The summed E-state index contributed by atoms with van der Waals surface area (Å²) in [7, 11) is 3.96. The Morgan fingerprint density at radius 1 is 1.15 bits per heavy atom. The molecule has 1 heterocycles. The molecule has 1 aromatic rings. The highest BCUT2D eigenvalue weighted by Crippen LogP contribution is 2.40. The molecule has 26 heavy (non-hydrogen) atoms. The summed E-state index contributed by atoms with van der Waals surface area (Å²) in [5.74, 6) is -0.0513. The van der Waals surface area contributed by atoms with Crippen LogP contribution in [0.25, 0.3) is 0 Å². The minimum Gasteiger partial charge on any atom is -0.368 e. The molecule has 1 aromatic carbocycles. The van der Waals surface area contributed by atoms with Crippen molar-refractivity contribution in [1.82, 2.24) is 15.1 Å². The molecule has 1 saturated heterocycles. The molecule has 2 atom stereocenters. The SMILES string of the molecule is Cc1cccc(N2CCN(C(=O)C3CC3C(=O)NCCN(C)C)CC2)c1. The Morgan fingerprint density at radius 3 is 2.54 bits per heavy atom. The number of piperazine rings is 1. The van der Waals surface area contributed by atoms with Crippen LogP contribution in [0.4, 0.5) is 5.69 Å². The van der Waals surface area contributed by atoms with Gasteiger partial charge in [0, 0.05) is 45.0 Å². The fraction of sp³-hybridized carbons (Fsp3) is 0.600. The summed E-state index contributed by atoms with van der Waals surface area (Å²) in [6.45, 7) is 6.72. The van der Waals surface area contributed by atoms with Crippen molar-refractivity contribution in [2.75, 3.05) is 58.3 Å². The average Bonchev–Trinajstić information content (AvgIpc) is 3.42. The van der Waals surface area contributed by atoms with Gasteiger partial charge in [-0.1, -0.05) is 12.1 Å². The Balaban J connectivity index is 1.44. The Hall–Kier alpha value is -2.08. The van der Waals surface area contributed by atoms with Gasteiger partial charge in [0.25, 0.3) is 0 Å². The standard InChI is InChI=1S/C20H30N4O2/c1-15-5-4-6-16(13-15)23-9-11-24(12-10-23)20(26)18-14-17(18)19(25)21-7-8-22(2)3/h4-6,13,17-18H,7-12,14H2,1-3H3,(H,21,25). The number of hydrogen-bond donors (Lipinski definition) is 1. The second-order valence-electron chi connectivity index (χ2n) is 7.69. The molecule has 1 aliphatic carbocycles. The number of aryl methyl sites for hydroxylation is 1. The number of amides is 2. The Kier molecular flexibility index (Phi) is 5.81. The fourth-order valence-corrected chi connectivity index (χ4v) is 3.54. The number of likely N-dealkylation sites (N-methyl/N-ethyl adjacent to an activating group) is 1. The molecule has 2 fully saturated rings. The number of nitrogens with zero attached hydrogens (tertiary/aromatic N) is 3. The van der Waals surface area contributed by atoms with Crippen LogP contribution in [0.1, 0.15) is 12.0 Å². The zero-order chi connectivity index (χ0) is 18.7. The van der Waals surface area contributed by atoms with Crippen molar-refractivity contribution in [3.05, 3.63) is 29.8 Å². The van der Waals surface area contributed by atoms with E-state index in [1.807, 2.05) is 23.9 Å². The summed E-state index contributed by atoms with van der Waals surface area (Å²) in [4.78, 5) is 31.1. The van der Waals surface area contributed by atoms with E-state index in [4.69, 9.17) is 0 Å². The smallest absolute Gasteiger partial charge is 0.226 e. The van der Waals surface area contributed by atoms with E-state index in [1.54, 1.807) is 0 Å². The first-order chi connectivity index (χ1) is 12.5. The van der Waals surface area contributed by atoms with Crippen molar-refractivity contribution in [3.63, 3.8) is 0 Å². The molecule has 0 spiro atoms. The normalized spacial score (nSPS) is 22.5. The van der Waals surface area contributed by atoms with Gasteiger partial charge in [-0.2, -0.15) is 0 Å². The van der Waals surface area contributed by atoms with Gasteiger partial charge >= 0.3 is 0 Å². The lowest BCUT2D eigenvalue weighted by Crippen LogP contribution is -2.49. The highest BCUT2D eigenvalue weighted by molar-refractivity contribution is 5.92. The van der Waals surface area contributed by atoms with Gasteiger partial charge in [0.05, 0.1) is 11.8 Å². The van der Waals surface area contributed by atoms with E-state index < -0.39 is 0 Å². The molecule has 1 N–H and O–H groups in total. The summed E-state index contributed by atoms with van der Waals surface area (Å²) < 4.78 is 0. The van der Waals surface area contributed by atoms with Gasteiger partial charge in [-0.05, 0) is 45.1 Å². The molecule has 2 aliphatic rings. The van der Waals surface area contributed by atoms with Crippen molar-refractivity contribution in [2.45, 2.75) is 13.3 Å². The van der Waals surface area contributed by atoms with E-state index >= 15 is 0 Å². The van der Waals surface area contributed by atoms with Gasteiger partial charge in [-0.25, -0.2) is 0 Å². The van der Waals surface area contributed by atoms with Crippen LogP contribution >= 0.6 is 0 Å². The molecule has 2 unspecified atom stereocenters. The van der Waals surface area contributed by atoms with E-state index in [9.17, 15) is 9.59 Å². The number of carbonyl (C=O) groups excluding carboxylic acids is 2. The number of carbonyl (C=O) groups is 2. The molecular weight excluding hydrogens is 328 g/mol. The van der Waals surface area contributed by atoms with E-state index in [1.165, 1.54) is 11.3 Å². The van der Waals surface area contributed by atoms with Crippen molar-refractivity contribution >= 4 is 17.5 Å². The van der Waals surface area contributed by atoms with Crippen LogP contribution in [0, 0.1) is 18.8 Å². The minimum atomic E-state index is -0.125. The number of rotatable bonds is 6. The quantitative estimate of drug-likeness (QED) is 0.823. The maximum atomic E-state index is 12.7. The highest BCUT2D eigenvalue weighted by atomic mass is 16.2. The third kappa shape index (κ3) is 4.55. The number of nitrogens with one attached hydrogen (secondary N) is 1. The molecule has 0 radical (unpaired) electrons. The Labute approximate surface area is 156 Å². The summed E-state index contributed by atoms with van der Waals surface area (Å²) in [6, 6.07) is 8.48. The third-order valence-electron chi connectivity index (χ3n) is 5.26. The third-order valence-corrected chi connectivity index (χ3v) is 5.26. The predicted octanol–water partition coefficient (Wildman–Crippen LogP) is 0.958. The Bertz CT molecular complexity index is 653. The number of anilines is 1. The molecule has 6 heteroatoms. The lowest BCUT2D eigenvalue weighted by molar-refractivity contribution is -0.135. The van der Waals surface area contributed by atoms with Gasteiger partial charge in [-0.15, -0.1) is 0 Å². The first-order valence-electron chi connectivity index (χ1n) is 9.48. The number of hydrogen-bond acceptors (Lipinski definition) is 4. The van der Waals surface area contributed by atoms with Crippen molar-refractivity contribution in [1.29, 1.82) is 0 Å². The van der Waals surface area contributed by atoms with Crippen LogP contribution in [0.3, 0.4) is 0 Å². The van der Waals surface area contributed by atoms with Gasteiger partial charge in [0.1, 0.15) is 0 Å². The van der Waals surface area contributed by atoms with E-state index in [0.717, 1.165) is 32.7 Å². The van der Waals surface area contributed by atoms with Crippen molar-refractivity contribution < 1.29 is 9.59 Å². The maximum Gasteiger partial charge on any atom is 0.226 e. The molecule has 1 aliphatic heterocycles. The molecule has 0 bridgehead atoms. The first-order valence-corrected chi connectivity index (χ1v) is 9.48. The van der Waals surface area contributed by atoms with Crippen LogP contribution in [0.5, 0.6) is 0 Å². The van der Waals surface area contributed by atoms with Crippen LogP contribution in [0.15, 0.2) is 24.3 Å². The van der Waals surface area contributed by atoms with Crippen LogP contribution < -0.4 is 10.2 Å². The van der Waals surface area contributed by atoms with Gasteiger partial charge in [0.2, 0.25) is 11.8 Å². The largest absolute Gasteiger partial charge is 0.368 e. The first kappa shape index (κ1) is 18.7. The summed E-state index contributed by atoms with van der Waals surface area (Å²) in [6.07, 6.45) is 0.699. The zero-order valence-corrected chi connectivity index (χ0v) is 16.1. The lowest BCUT2D eigenvalue weighted by atomic mass is 10.2. The second-order valence-corrected chi connectivity index (χ2v) is 7.69. The van der Waals surface area contributed by atoms with E-state index in [-0.39, 0.29) is 23.7 Å². The average molecular weight is 358 g/mol. The summed E-state index contributed by atoms with van der Waals surface area (Å²) in [5.41, 5.74) is 2.48. The van der Waals surface area contributed by atoms with E-state index in [0.29, 0.717) is 13.0 Å². The maximum absolute atomic E-state index is 12.7. The van der Waals surface area contributed by atoms with Crippen molar-refractivity contribution in [2.24, 2.45) is 11.8 Å². The van der Waals surface area contributed by atoms with Gasteiger partial charge in [0.15, 0.2) is 0 Å². The predicted molar refractivity (Wildman–Crippen MR) is 103 cm³/mol. The highest BCUT2D eigenvalue weighted by Gasteiger charge is 2.49.